The van der Waals surface area contributed by atoms with Gasteiger partial charge in [-0.15, -0.1) is 0 Å². The van der Waals surface area contributed by atoms with Crippen molar-refractivity contribution in [3.63, 3.8) is 0 Å². The molecule has 0 saturated carbocycles. The molecule has 0 radical (unpaired) electrons. The van der Waals surface area contributed by atoms with E-state index in [9.17, 15) is 5.11 Å². The zero-order valence-corrected chi connectivity index (χ0v) is 12.6. The van der Waals surface area contributed by atoms with Gasteiger partial charge in [0.1, 0.15) is 5.75 Å². The molecule has 0 fully saturated rings. The molecule has 0 aliphatic carbocycles. The molecular weight excluding hydrogens is 240 g/mol. The first kappa shape index (κ1) is 15.4. The van der Waals surface area contributed by atoms with Crippen molar-refractivity contribution in [3.05, 3.63) is 29.3 Å². The van der Waals surface area contributed by atoms with Gasteiger partial charge in [-0.25, -0.2) is 0 Å². The van der Waals surface area contributed by atoms with E-state index in [0.29, 0.717) is 5.75 Å². The summed E-state index contributed by atoms with van der Waals surface area (Å²) in [4.78, 5) is 0. The number of thioether (sulfide) groups is 1. The highest BCUT2D eigenvalue weighted by Crippen LogP contribution is 2.24. The molecule has 0 bridgehead atoms. The molecule has 18 heavy (non-hydrogen) atoms. The second kappa shape index (κ2) is 9.32. The van der Waals surface area contributed by atoms with Crippen LogP contribution in [0.25, 0.3) is 0 Å². The second-order valence-electron chi connectivity index (χ2n) is 4.95. The van der Waals surface area contributed by atoms with Gasteiger partial charge < -0.3 is 5.11 Å². The van der Waals surface area contributed by atoms with Gasteiger partial charge in [-0.2, -0.15) is 11.8 Å². The molecule has 1 N–H and O–H groups in total. The third-order valence-corrected chi connectivity index (χ3v) is 4.23. The lowest BCUT2D eigenvalue weighted by molar-refractivity contribution is 0.470. The molecule has 0 spiro atoms. The van der Waals surface area contributed by atoms with Gasteiger partial charge in [-0.3, -0.25) is 0 Å². The van der Waals surface area contributed by atoms with E-state index in [-0.39, 0.29) is 0 Å². The van der Waals surface area contributed by atoms with E-state index in [4.69, 9.17) is 0 Å². The van der Waals surface area contributed by atoms with Crippen LogP contribution in [0.1, 0.15) is 56.6 Å². The molecule has 1 aromatic carbocycles. The molecule has 0 aliphatic heterocycles. The Balaban J connectivity index is 2.09. The summed E-state index contributed by atoms with van der Waals surface area (Å²) >= 11 is 1.93. The highest BCUT2D eigenvalue weighted by molar-refractivity contribution is 7.98. The Hall–Kier alpha value is -0.630. The minimum absolute atomic E-state index is 0.441. The van der Waals surface area contributed by atoms with E-state index in [0.717, 1.165) is 11.3 Å². The fourth-order valence-electron chi connectivity index (χ4n) is 2.00. The van der Waals surface area contributed by atoms with Crippen LogP contribution in [0.4, 0.5) is 0 Å². The monoisotopic (exact) mass is 266 g/mol. The maximum Gasteiger partial charge on any atom is 0.119 e. The first-order valence-electron chi connectivity index (χ1n) is 7.10. The van der Waals surface area contributed by atoms with E-state index in [2.05, 4.69) is 19.9 Å². The van der Waals surface area contributed by atoms with Crippen molar-refractivity contribution in [1.29, 1.82) is 0 Å². The van der Waals surface area contributed by atoms with E-state index in [1.54, 1.807) is 6.07 Å². The van der Waals surface area contributed by atoms with Crippen molar-refractivity contribution in [2.45, 2.75) is 58.1 Å². The number of hydrogen-bond acceptors (Lipinski definition) is 2. The summed E-state index contributed by atoms with van der Waals surface area (Å²) in [5.74, 6) is 2.58. The van der Waals surface area contributed by atoms with E-state index < -0.39 is 0 Å². The van der Waals surface area contributed by atoms with Gasteiger partial charge in [0, 0.05) is 11.3 Å². The quantitative estimate of drug-likeness (QED) is 0.612. The Morgan fingerprint density at radius 1 is 1.06 bits per heavy atom. The van der Waals surface area contributed by atoms with Crippen LogP contribution in [0.5, 0.6) is 5.75 Å². The molecule has 1 aromatic rings. The van der Waals surface area contributed by atoms with E-state index in [1.807, 2.05) is 17.8 Å². The molecule has 0 saturated heterocycles. The average Bonchev–Trinajstić information content (AvgIpc) is 2.36. The molecule has 0 atom stereocenters. The number of phenolic OH excluding ortho intramolecular Hbond substituents is 1. The number of unbranched alkanes of at least 4 members (excludes halogenated alkanes) is 5. The minimum atomic E-state index is 0.441. The Labute approximate surface area is 116 Å². The summed E-state index contributed by atoms with van der Waals surface area (Å²) in [5, 5.41) is 9.72. The zero-order valence-electron chi connectivity index (χ0n) is 11.7. The zero-order chi connectivity index (χ0) is 13.2. The third kappa shape index (κ3) is 6.34. The molecule has 102 valence electrons. The maximum absolute atomic E-state index is 9.72. The lowest BCUT2D eigenvalue weighted by atomic mass is 10.1. The predicted molar refractivity (Wildman–Crippen MR) is 82.4 cm³/mol. The highest BCUT2D eigenvalue weighted by Gasteiger charge is 2.01. The molecule has 0 amide bonds. The fraction of sp³-hybridized carbons (Fsp3) is 0.625. The van der Waals surface area contributed by atoms with Crippen LogP contribution in [0.3, 0.4) is 0 Å². The lowest BCUT2D eigenvalue weighted by Gasteiger charge is -2.06. The van der Waals surface area contributed by atoms with Crippen LogP contribution in [-0.4, -0.2) is 10.9 Å². The Morgan fingerprint density at radius 2 is 1.78 bits per heavy atom. The number of aryl methyl sites for hydroxylation is 1. The summed E-state index contributed by atoms with van der Waals surface area (Å²) in [6, 6.07) is 5.84. The molecule has 2 heteroatoms. The van der Waals surface area contributed by atoms with Gasteiger partial charge in [-0.1, -0.05) is 56.7 Å². The van der Waals surface area contributed by atoms with Crippen molar-refractivity contribution < 1.29 is 5.11 Å². The highest BCUT2D eigenvalue weighted by atomic mass is 32.2. The van der Waals surface area contributed by atoms with Crippen LogP contribution in [0.15, 0.2) is 18.2 Å². The summed E-state index contributed by atoms with van der Waals surface area (Å²) in [6.45, 7) is 4.32. The fourth-order valence-corrected chi connectivity index (χ4v) is 3.00. The van der Waals surface area contributed by atoms with Crippen LogP contribution < -0.4 is 0 Å². The molecule has 0 unspecified atom stereocenters. The van der Waals surface area contributed by atoms with Gasteiger partial charge in [-0.05, 0) is 25.2 Å². The first-order valence-corrected chi connectivity index (χ1v) is 8.25. The molecule has 0 aromatic heterocycles. The Kier molecular flexibility index (Phi) is 7.99. The largest absolute Gasteiger partial charge is 0.508 e. The number of phenols is 1. The van der Waals surface area contributed by atoms with Crippen molar-refractivity contribution >= 4 is 11.8 Å². The van der Waals surface area contributed by atoms with Crippen LogP contribution in [-0.2, 0) is 5.75 Å². The minimum Gasteiger partial charge on any atom is -0.508 e. The van der Waals surface area contributed by atoms with Gasteiger partial charge in [0.15, 0.2) is 0 Å². The first-order chi connectivity index (χ1) is 8.74. The summed E-state index contributed by atoms with van der Waals surface area (Å²) in [7, 11) is 0. The van der Waals surface area contributed by atoms with Crippen LogP contribution >= 0.6 is 11.8 Å². The normalized spacial score (nSPS) is 10.8. The van der Waals surface area contributed by atoms with Crippen molar-refractivity contribution in [3.8, 4) is 5.75 Å². The number of aromatic hydroxyl groups is 1. The number of rotatable bonds is 9. The van der Waals surface area contributed by atoms with Gasteiger partial charge >= 0.3 is 0 Å². The summed E-state index contributed by atoms with van der Waals surface area (Å²) in [5.41, 5.74) is 2.30. The number of hydrogen-bond donors (Lipinski definition) is 1. The van der Waals surface area contributed by atoms with E-state index >= 15 is 0 Å². The standard InChI is InChI=1S/C16H26OS/c1-3-4-5-6-7-8-11-18-13-15-12-14(2)9-10-16(15)17/h9-10,12,17H,3-8,11,13H2,1-2H3. The lowest BCUT2D eigenvalue weighted by Crippen LogP contribution is -1.87. The molecule has 0 heterocycles. The Bertz CT molecular complexity index is 336. The maximum atomic E-state index is 9.72. The van der Waals surface area contributed by atoms with Gasteiger partial charge in [0.05, 0.1) is 0 Å². The predicted octanol–water partition coefficient (Wildman–Crippen LogP) is 5.29. The van der Waals surface area contributed by atoms with Gasteiger partial charge in [0.25, 0.3) is 0 Å². The summed E-state index contributed by atoms with van der Waals surface area (Å²) in [6.07, 6.45) is 8.13. The van der Waals surface area contributed by atoms with Crippen molar-refractivity contribution in [2.24, 2.45) is 0 Å². The average molecular weight is 266 g/mol. The topological polar surface area (TPSA) is 20.2 Å². The van der Waals surface area contributed by atoms with Gasteiger partial charge in [0.2, 0.25) is 0 Å². The molecule has 1 nitrogen and oxygen atoms in total. The Morgan fingerprint density at radius 3 is 2.56 bits per heavy atom. The molecule has 0 aliphatic rings. The summed E-state index contributed by atoms with van der Waals surface area (Å²) < 4.78 is 0. The molecule has 1 rings (SSSR count). The van der Waals surface area contributed by atoms with Crippen LogP contribution in [0.2, 0.25) is 0 Å². The van der Waals surface area contributed by atoms with Crippen LogP contribution in [0, 0.1) is 6.92 Å². The van der Waals surface area contributed by atoms with Crippen molar-refractivity contribution in [2.75, 3.05) is 5.75 Å². The smallest absolute Gasteiger partial charge is 0.119 e. The van der Waals surface area contributed by atoms with E-state index in [1.165, 1.54) is 49.8 Å². The SMILES string of the molecule is CCCCCCCCSCc1cc(C)ccc1O. The second-order valence-corrected chi connectivity index (χ2v) is 6.06. The third-order valence-electron chi connectivity index (χ3n) is 3.13. The molecular formula is C16H26OS. The number of benzene rings is 1. The van der Waals surface area contributed by atoms with Crippen molar-refractivity contribution in [1.82, 2.24) is 0 Å².